The third-order valence-corrected chi connectivity index (χ3v) is 2.98. The Labute approximate surface area is 95.3 Å². The number of carbonyl (C=O) groups excluding carboxylic acids is 1. The Kier molecular flexibility index (Phi) is 3.08. The van der Waals surface area contributed by atoms with Gasteiger partial charge in [-0.3, -0.25) is 9.78 Å². The highest BCUT2D eigenvalue weighted by Gasteiger charge is 2.36. The Morgan fingerprint density at radius 1 is 1.62 bits per heavy atom. The molecule has 4 nitrogen and oxygen atoms in total. The van der Waals surface area contributed by atoms with E-state index in [0.29, 0.717) is 24.1 Å². The quantitative estimate of drug-likeness (QED) is 0.797. The van der Waals surface area contributed by atoms with Gasteiger partial charge in [-0.15, -0.1) is 0 Å². The predicted molar refractivity (Wildman–Crippen MR) is 62.7 cm³/mol. The zero-order valence-electron chi connectivity index (χ0n) is 9.44. The van der Waals surface area contributed by atoms with E-state index in [1.807, 2.05) is 0 Å². The summed E-state index contributed by atoms with van der Waals surface area (Å²) in [5.41, 5.74) is 6.91. The molecule has 86 valence electrons. The second-order valence-corrected chi connectivity index (χ2v) is 4.34. The molecule has 1 aromatic rings. The lowest BCUT2D eigenvalue weighted by Gasteiger charge is -2.03. The predicted octanol–water partition coefficient (Wildman–Crippen LogP) is 1.12. The summed E-state index contributed by atoms with van der Waals surface area (Å²) in [6, 6.07) is 3.95. The van der Waals surface area contributed by atoms with E-state index >= 15 is 0 Å². The maximum Gasteiger partial charge on any atom is 0.226 e. The molecule has 4 heteroatoms. The van der Waals surface area contributed by atoms with E-state index in [0.717, 1.165) is 18.5 Å². The minimum absolute atomic E-state index is 0.0539. The molecule has 1 saturated carbocycles. The molecule has 0 bridgehead atoms. The Balaban J connectivity index is 1.81. The molecule has 2 unspecified atom stereocenters. The summed E-state index contributed by atoms with van der Waals surface area (Å²) >= 11 is 0. The fourth-order valence-corrected chi connectivity index (χ4v) is 1.84. The van der Waals surface area contributed by atoms with Gasteiger partial charge in [0.1, 0.15) is 0 Å². The standard InChI is InChI=1S/C12H17N3O/c1-2-8-5-11(8)15-12(16)6-10-4-3-9(13)7-14-10/h3-4,7-8,11H,2,5-6,13H2,1H3,(H,15,16). The topological polar surface area (TPSA) is 68.0 Å². The van der Waals surface area contributed by atoms with Crippen molar-refractivity contribution in [3.05, 3.63) is 24.0 Å². The van der Waals surface area contributed by atoms with Crippen LogP contribution in [-0.4, -0.2) is 16.9 Å². The molecule has 0 aromatic carbocycles. The van der Waals surface area contributed by atoms with Crippen molar-refractivity contribution >= 4 is 11.6 Å². The van der Waals surface area contributed by atoms with Crippen molar-refractivity contribution in [1.29, 1.82) is 0 Å². The van der Waals surface area contributed by atoms with Gasteiger partial charge in [0.25, 0.3) is 0 Å². The van der Waals surface area contributed by atoms with E-state index in [-0.39, 0.29) is 5.91 Å². The number of nitrogens with one attached hydrogen (secondary N) is 1. The number of nitrogens with two attached hydrogens (primary N) is 1. The van der Waals surface area contributed by atoms with Crippen molar-refractivity contribution in [2.24, 2.45) is 5.92 Å². The molecule has 2 rings (SSSR count). The molecule has 16 heavy (non-hydrogen) atoms. The number of nitrogens with zero attached hydrogens (tertiary/aromatic N) is 1. The van der Waals surface area contributed by atoms with Gasteiger partial charge in [0.15, 0.2) is 0 Å². The lowest BCUT2D eigenvalue weighted by molar-refractivity contribution is -0.120. The molecule has 0 aliphatic heterocycles. The first-order valence-corrected chi connectivity index (χ1v) is 5.68. The summed E-state index contributed by atoms with van der Waals surface area (Å²) in [7, 11) is 0. The van der Waals surface area contributed by atoms with Crippen molar-refractivity contribution < 1.29 is 4.79 Å². The van der Waals surface area contributed by atoms with Gasteiger partial charge in [0.05, 0.1) is 18.3 Å². The molecular formula is C12H17N3O. The highest BCUT2D eigenvalue weighted by molar-refractivity contribution is 5.78. The first-order chi connectivity index (χ1) is 7.69. The zero-order valence-corrected chi connectivity index (χ0v) is 9.44. The van der Waals surface area contributed by atoms with Crippen molar-refractivity contribution in [2.45, 2.75) is 32.2 Å². The summed E-state index contributed by atoms with van der Waals surface area (Å²) in [5.74, 6) is 0.738. The van der Waals surface area contributed by atoms with Gasteiger partial charge in [-0.1, -0.05) is 13.3 Å². The SMILES string of the molecule is CCC1CC1NC(=O)Cc1ccc(N)cn1. The van der Waals surface area contributed by atoms with E-state index in [1.165, 1.54) is 0 Å². The number of carbonyl (C=O) groups is 1. The number of rotatable bonds is 4. The highest BCUT2D eigenvalue weighted by atomic mass is 16.1. The molecule has 1 aliphatic rings. The molecular weight excluding hydrogens is 202 g/mol. The molecule has 1 fully saturated rings. The van der Waals surface area contributed by atoms with Crippen LogP contribution in [0.4, 0.5) is 5.69 Å². The van der Waals surface area contributed by atoms with Crippen molar-refractivity contribution in [2.75, 3.05) is 5.73 Å². The summed E-state index contributed by atoms with van der Waals surface area (Å²) in [6.45, 7) is 2.15. The van der Waals surface area contributed by atoms with E-state index < -0.39 is 0 Å². The van der Waals surface area contributed by atoms with Crippen LogP contribution in [0.3, 0.4) is 0 Å². The fourth-order valence-electron chi connectivity index (χ4n) is 1.84. The normalized spacial score (nSPS) is 22.8. The smallest absolute Gasteiger partial charge is 0.226 e. The summed E-state index contributed by atoms with van der Waals surface area (Å²) in [4.78, 5) is 15.7. The van der Waals surface area contributed by atoms with Crippen LogP contribution in [0.25, 0.3) is 0 Å². The maximum absolute atomic E-state index is 11.6. The van der Waals surface area contributed by atoms with Crippen LogP contribution in [0.1, 0.15) is 25.5 Å². The third kappa shape index (κ3) is 2.72. The van der Waals surface area contributed by atoms with Gasteiger partial charge in [-0.2, -0.15) is 0 Å². The molecule has 1 aliphatic carbocycles. The average Bonchev–Trinajstić information content (AvgIpc) is 3.00. The third-order valence-electron chi connectivity index (χ3n) is 2.98. The highest BCUT2D eigenvalue weighted by Crippen LogP contribution is 2.32. The molecule has 1 heterocycles. The largest absolute Gasteiger partial charge is 0.397 e. The van der Waals surface area contributed by atoms with E-state index in [2.05, 4.69) is 17.2 Å². The number of hydrogen-bond donors (Lipinski definition) is 2. The van der Waals surface area contributed by atoms with Crippen LogP contribution in [0.15, 0.2) is 18.3 Å². The zero-order chi connectivity index (χ0) is 11.5. The minimum atomic E-state index is 0.0539. The van der Waals surface area contributed by atoms with Gasteiger partial charge in [-0.25, -0.2) is 0 Å². The van der Waals surface area contributed by atoms with Gasteiger partial charge >= 0.3 is 0 Å². The first-order valence-electron chi connectivity index (χ1n) is 5.68. The van der Waals surface area contributed by atoms with Crippen LogP contribution in [-0.2, 0) is 11.2 Å². The maximum atomic E-state index is 11.6. The number of amides is 1. The number of pyridine rings is 1. The average molecular weight is 219 g/mol. The van der Waals surface area contributed by atoms with Crippen LogP contribution < -0.4 is 11.1 Å². The van der Waals surface area contributed by atoms with Crippen molar-refractivity contribution in [3.63, 3.8) is 0 Å². The van der Waals surface area contributed by atoms with Crippen LogP contribution in [0.2, 0.25) is 0 Å². The van der Waals surface area contributed by atoms with Gasteiger partial charge in [0.2, 0.25) is 5.91 Å². The fraction of sp³-hybridized carbons (Fsp3) is 0.500. The lowest BCUT2D eigenvalue weighted by Crippen LogP contribution is -2.28. The van der Waals surface area contributed by atoms with Crippen molar-refractivity contribution in [3.8, 4) is 0 Å². The molecule has 0 radical (unpaired) electrons. The van der Waals surface area contributed by atoms with Gasteiger partial charge in [-0.05, 0) is 24.5 Å². The Morgan fingerprint density at radius 2 is 2.44 bits per heavy atom. The lowest BCUT2D eigenvalue weighted by atomic mass is 10.2. The van der Waals surface area contributed by atoms with Crippen LogP contribution in [0.5, 0.6) is 0 Å². The monoisotopic (exact) mass is 219 g/mol. The number of hydrogen-bond acceptors (Lipinski definition) is 3. The van der Waals surface area contributed by atoms with Crippen LogP contribution in [0, 0.1) is 5.92 Å². The molecule has 1 aromatic heterocycles. The van der Waals surface area contributed by atoms with Gasteiger partial charge in [0, 0.05) is 11.7 Å². The second kappa shape index (κ2) is 4.51. The molecule has 2 atom stereocenters. The van der Waals surface area contributed by atoms with E-state index in [1.54, 1.807) is 18.3 Å². The van der Waals surface area contributed by atoms with E-state index in [4.69, 9.17) is 5.73 Å². The number of anilines is 1. The molecule has 3 N–H and O–H groups in total. The first kappa shape index (κ1) is 10.9. The summed E-state index contributed by atoms with van der Waals surface area (Å²) < 4.78 is 0. The van der Waals surface area contributed by atoms with E-state index in [9.17, 15) is 4.79 Å². The van der Waals surface area contributed by atoms with Gasteiger partial charge < -0.3 is 11.1 Å². The Hall–Kier alpha value is -1.58. The molecule has 1 amide bonds. The molecule has 0 saturated heterocycles. The Bertz CT molecular complexity index is 374. The summed E-state index contributed by atoms with van der Waals surface area (Å²) in [5, 5.41) is 3.01. The molecule has 0 spiro atoms. The second-order valence-electron chi connectivity index (χ2n) is 4.34. The van der Waals surface area contributed by atoms with Crippen LogP contribution >= 0.6 is 0 Å². The number of nitrogen functional groups attached to an aromatic ring is 1. The Morgan fingerprint density at radius 3 is 3.00 bits per heavy atom. The van der Waals surface area contributed by atoms with Crippen molar-refractivity contribution in [1.82, 2.24) is 10.3 Å². The minimum Gasteiger partial charge on any atom is -0.397 e. The summed E-state index contributed by atoms with van der Waals surface area (Å²) in [6.07, 6.45) is 4.18. The number of aromatic nitrogens is 1.